The third-order valence-corrected chi connectivity index (χ3v) is 5.89. The maximum absolute atomic E-state index is 13.3. The molecule has 0 aromatic heterocycles. The number of carbonyl (C=O) groups excluding carboxylic acids is 3. The van der Waals surface area contributed by atoms with Crippen molar-refractivity contribution in [3.8, 4) is 0 Å². The summed E-state index contributed by atoms with van der Waals surface area (Å²) in [4.78, 5) is 38.4. The van der Waals surface area contributed by atoms with Gasteiger partial charge in [0, 0.05) is 34.8 Å². The van der Waals surface area contributed by atoms with E-state index >= 15 is 0 Å². The summed E-state index contributed by atoms with van der Waals surface area (Å²) in [5.74, 6) is -1.51. The molecule has 4 rings (SSSR count). The number of nitrogens with one attached hydrogen (secondary N) is 2. The van der Waals surface area contributed by atoms with Gasteiger partial charge in [-0.25, -0.2) is 9.18 Å². The van der Waals surface area contributed by atoms with E-state index in [2.05, 4.69) is 10.6 Å². The second-order valence-electron chi connectivity index (χ2n) is 7.72. The van der Waals surface area contributed by atoms with Crippen molar-refractivity contribution in [3.05, 3.63) is 75.7 Å². The summed E-state index contributed by atoms with van der Waals surface area (Å²) >= 11 is 6.36. The van der Waals surface area contributed by atoms with Gasteiger partial charge in [-0.15, -0.1) is 0 Å². The predicted molar refractivity (Wildman–Crippen MR) is 117 cm³/mol. The lowest BCUT2D eigenvalue weighted by Crippen LogP contribution is -2.32. The van der Waals surface area contributed by atoms with Crippen molar-refractivity contribution >= 4 is 35.2 Å². The zero-order valence-electron chi connectivity index (χ0n) is 17.3. The van der Waals surface area contributed by atoms with Crippen LogP contribution in [-0.2, 0) is 20.9 Å². The third kappa shape index (κ3) is 4.60. The zero-order chi connectivity index (χ0) is 22.8. The van der Waals surface area contributed by atoms with Crippen molar-refractivity contribution in [2.75, 3.05) is 18.5 Å². The molecule has 0 spiro atoms. The molecule has 2 aliphatic rings. The van der Waals surface area contributed by atoms with E-state index in [4.69, 9.17) is 16.3 Å². The number of anilines is 1. The molecule has 2 aromatic rings. The van der Waals surface area contributed by atoms with Gasteiger partial charge in [-0.1, -0.05) is 23.7 Å². The number of hydrogen-bond donors (Lipinski definition) is 2. The Balaban J connectivity index is 1.58. The number of aryl methyl sites for hydroxylation is 1. The minimum absolute atomic E-state index is 0.0762. The van der Waals surface area contributed by atoms with Crippen LogP contribution in [0.2, 0.25) is 5.02 Å². The number of rotatable bonds is 5. The first-order valence-corrected chi connectivity index (χ1v) is 10.5. The molecule has 1 fully saturated rings. The minimum Gasteiger partial charge on any atom is -0.448 e. The molecule has 1 saturated heterocycles. The second kappa shape index (κ2) is 9.00. The fourth-order valence-corrected chi connectivity index (χ4v) is 4.05. The molecule has 0 bridgehead atoms. The molecule has 0 unspecified atom stereocenters. The van der Waals surface area contributed by atoms with Gasteiger partial charge in [0.2, 0.25) is 5.91 Å². The lowest BCUT2D eigenvalue weighted by atomic mass is 9.86. The summed E-state index contributed by atoms with van der Waals surface area (Å²) in [6.45, 7) is 2.87. The van der Waals surface area contributed by atoms with Crippen LogP contribution < -0.4 is 10.6 Å². The molecule has 2 aliphatic heterocycles. The molecule has 3 amide bonds. The Bertz CT molecular complexity index is 1120. The van der Waals surface area contributed by atoms with Gasteiger partial charge in [0.15, 0.2) is 0 Å². The van der Waals surface area contributed by atoms with E-state index in [-0.39, 0.29) is 18.9 Å². The number of halogens is 2. The molecule has 0 saturated carbocycles. The number of benzene rings is 2. The van der Waals surface area contributed by atoms with E-state index in [1.807, 2.05) is 6.92 Å². The number of amides is 3. The van der Waals surface area contributed by atoms with Crippen LogP contribution in [0.15, 0.2) is 48.2 Å². The van der Waals surface area contributed by atoms with Crippen LogP contribution in [0, 0.1) is 12.7 Å². The number of cyclic esters (lactones) is 1. The van der Waals surface area contributed by atoms with Crippen LogP contribution >= 0.6 is 11.6 Å². The van der Waals surface area contributed by atoms with E-state index in [0.717, 1.165) is 5.56 Å². The average molecular weight is 458 g/mol. The summed E-state index contributed by atoms with van der Waals surface area (Å²) in [7, 11) is 0. The number of ether oxygens (including phenoxy) is 1. The molecule has 2 heterocycles. The highest BCUT2D eigenvalue weighted by Gasteiger charge is 2.29. The van der Waals surface area contributed by atoms with Crippen LogP contribution in [0.25, 0.3) is 0 Å². The van der Waals surface area contributed by atoms with Gasteiger partial charge < -0.3 is 20.3 Å². The standard InChI is InChI=1S/C23H21ClFN3O4/c1-13-8-19(24)15(12-28-6-7-32-23(28)31)9-20(13)27-22(30)18-11-26-21(29)10-17(18)14-2-4-16(25)5-3-14/h2-5,8-9,11,17H,6-7,10,12H2,1H3,(H,26,29)(H,27,30)/t17-/m0/s1. The summed E-state index contributed by atoms with van der Waals surface area (Å²) < 4.78 is 18.3. The largest absolute Gasteiger partial charge is 0.448 e. The number of nitrogens with zero attached hydrogens (tertiary/aromatic N) is 1. The molecular formula is C23H21ClFN3O4. The Kier molecular flexibility index (Phi) is 6.14. The lowest BCUT2D eigenvalue weighted by Gasteiger charge is -2.24. The van der Waals surface area contributed by atoms with E-state index in [1.165, 1.54) is 23.2 Å². The highest BCUT2D eigenvalue weighted by molar-refractivity contribution is 6.31. The van der Waals surface area contributed by atoms with Gasteiger partial charge in [0.05, 0.1) is 13.1 Å². The van der Waals surface area contributed by atoms with Crippen molar-refractivity contribution in [1.29, 1.82) is 0 Å². The summed E-state index contributed by atoms with van der Waals surface area (Å²) in [5, 5.41) is 5.95. The Morgan fingerprint density at radius 3 is 2.72 bits per heavy atom. The topological polar surface area (TPSA) is 87.7 Å². The lowest BCUT2D eigenvalue weighted by molar-refractivity contribution is -0.121. The first-order valence-electron chi connectivity index (χ1n) is 10.1. The second-order valence-corrected chi connectivity index (χ2v) is 8.13. The van der Waals surface area contributed by atoms with Crippen LogP contribution in [0.4, 0.5) is 14.9 Å². The zero-order valence-corrected chi connectivity index (χ0v) is 18.0. The molecule has 0 radical (unpaired) electrons. The minimum atomic E-state index is -0.504. The fraction of sp³-hybridized carbons (Fsp3) is 0.261. The first kappa shape index (κ1) is 21.8. The van der Waals surface area contributed by atoms with E-state index in [1.54, 1.807) is 24.3 Å². The third-order valence-electron chi connectivity index (χ3n) is 5.54. The molecule has 7 nitrogen and oxygen atoms in total. The first-order chi connectivity index (χ1) is 15.3. The fourth-order valence-electron chi connectivity index (χ4n) is 3.77. The normalized spacial score (nSPS) is 18.2. The van der Waals surface area contributed by atoms with Crippen LogP contribution in [-0.4, -0.2) is 36.0 Å². The number of carbonyl (C=O) groups is 3. The molecular weight excluding hydrogens is 437 g/mol. The summed E-state index contributed by atoms with van der Waals surface area (Å²) in [6.07, 6.45) is 1.06. The van der Waals surface area contributed by atoms with Gasteiger partial charge in [-0.2, -0.15) is 0 Å². The molecule has 9 heteroatoms. The van der Waals surface area contributed by atoms with Crippen LogP contribution in [0.3, 0.4) is 0 Å². The monoisotopic (exact) mass is 457 g/mol. The van der Waals surface area contributed by atoms with Gasteiger partial charge in [0.1, 0.15) is 12.4 Å². The average Bonchev–Trinajstić information content (AvgIpc) is 3.16. The van der Waals surface area contributed by atoms with E-state index < -0.39 is 23.7 Å². The molecule has 32 heavy (non-hydrogen) atoms. The van der Waals surface area contributed by atoms with Crippen LogP contribution in [0.1, 0.15) is 29.0 Å². The Morgan fingerprint density at radius 1 is 1.28 bits per heavy atom. The predicted octanol–water partition coefficient (Wildman–Crippen LogP) is 3.87. The van der Waals surface area contributed by atoms with Crippen molar-refractivity contribution in [3.63, 3.8) is 0 Å². The summed E-state index contributed by atoms with van der Waals surface area (Å²) in [5.41, 5.74) is 2.99. The van der Waals surface area contributed by atoms with Gasteiger partial charge in [-0.05, 0) is 47.9 Å². The highest BCUT2D eigenvalue weighted by atomic mass is 35.5. The molecule has 166 valence electrons. The van der Waals surface area contributed by atoms with Gasteiger partial charge >= 0.3 is 6.09 Å². The maximum atomic E-state index is 13.3. The van der Waals surface area contributed by atoms with Crippen molar-refractivity contribution in [2.24, 2.45) is 0 Å². The Hall–Kier alpha value is -3.39. The van der Waals surface area contributed by atoms with Crippen molar-refractivity contribution in [1.82, 2.24) is 10.2 Å². The molecule has 0 aliphatic carbocycles. The van der Waals surface area contributed by atoms with Crippen molar-refractivity contribution in [2.45, 2.75) is 25.8 Å². The highest BCUT2D eigenvalue weighted by Crippen LogP contribution is 2.32. The Morgan fingerprint density at radius 2 is 2.03 bits per heavy atom. The quantitative estimate of drug-likeness (QED) is 0.713. The van der Waals surface area contributed by atoms with E-state index in [9.17, 15) is 18.8 Å². The van der Waals surface area contributed by atoms with Gasteiger partial charge in [0.25, 0.3) is 5.91 Å². The Labute approximate surface area is 189 Å². The van der Waals surface area contributed by atoms with E-state index in [0.29, 0.717) is 40.6 Å². The smallest absolute Gasteiger partial charge is 0.410 e. The molecule has 2 N–H and O–H groups in total. The number of hydrogen-bond acceptors (Lipinski definition) is 4. The molecule has 1 atom stereocenters. The summed E-state index contributed by atoms with van der Waals surface area (Å²) in [6, 6.07) is 9.20. The van der Waals surface area contributed by atoms with Crippen LogP contribution in [0.5, 0.6) is 0 Å². The van der Waals surface area contributed by atoms with Gasteiger partial charge in [-0.3, -0.25) is 9.59 Å². The maximum Gasteiger partial charge on any atom is 0.410 e. The van der Waals surface area contributed by atoms with Crippen molar-refractivity contribution < 1.29 is 23.5 Å². The SMILES string of the molecule is Cc1cc(Cl)c(CN2CCOC2=O)cc1NC(=O)C1=CNC(=O)C[C@H]1c1ccc(F)cc1. The molecule has 2 aromatic carbocycles.